The van der Waals surface area contributed by atoms with Crippen LogP contribution in [0.4, 0.5) is 4.79 Å². The molecule has 4 heterocycles. The number of hydrogen-bond donors (Lipinski definition) is 0. The summed E-state index contributed by atoms with van der Waals surface area (Å²) in [4.78, 5) is 35.2. The third kappa shape index (κ3) is 4.01. The van der Waals surface area contributed by atoms with E-state index in [-0.39, 0.29) is 24.1 Å². The molecule has 2 amide bonds. The normalized spacial score (nSPS) is 21.3. The minimum atomic E-state index is -0.196. The molecule has 2 aliphatic rings. The molecule has 2 atom stereocenters. The molecule has 0 spiro atoms. The highest BCUT2D eigenvalue weighted by atomic mass is 32.1. The summed E-state index contributed by atoms with van der Waals surface area (Å²) < 4.78 is 5.34. The van der Waals surface area contributed by atoms with Crippen LogP contribution in [0.5, 0.6) is 0 Å². The van der Waals surface area contributed by atoms with E-state index in [0.29, 0.717) is 25.6 Å². The maximum atomic E-state index is 13.0. The standard InChI is InChI=1S/C22H27N3O3S/c1-3-15(2)18-14-28-22(27)25(18)16-9-12-24(13-10-16)21(26)20-8-7-19(29-20)17-6-4-5-11-23-17/h4-8,11,15-16,18H,3,9-10,12-14H2,1-2H3. The number of carbonyl (C=O) groups is 2. The third-order valence-corrected chi connectivity index (χ3v) is 7.22. The Hall–Kier alpha value is -2.41. The van der Waals surface area contributed by atoms with E-state index < -0.39 is 0 Å². The Balaban J connectivity index is 1.39. The fourth-order valence-corrected chi connectivity index (χ4v) is 5.13. The number of cyclic esters (lactones) is 1. The van der Waals surface area contributed by atoms with Crippen molar-refractivity contribution in [2.75, 3.05) is 19.7 Å². The molecule has 7 heteroatoms. The number of likely N-dealkylation sites (tertiary alicyclic amines) is 1. The lowest BCUT2D eigenvalue weighted by molar-refractivity contribution is 0.0619. The maximum Gasteiger partial charge on any atom is 0.410 e. The van der Waals surface area contributed by atoms with Gasteiger partial charge in [0, 0.05) is 25.3 Å². The van der Waals surface area contributed by atoms with Crippen molar-refractivity contribution in [2.24, 2.45) is 5.92 Å². The molecule has 0 radical (unpaired) electrons. The summed E-state index contributed by atoms with van der Waals surface area (Å²) in [6.45, 7) is 6.13. The first kappa shape index (κ1) is 19.9. The summed E-state index contributed by atoms with van der Waals surface area (Å²) in [6.07, 6.45) is 4.18. The van der Waals surface area contributed by atoms with Gasteiger partial charge in [0.05, 0.1) is 21.5 Å². The van der Waals surface area contributed by atoms with Gasteiger partial charge in [-0.3, -0.25) is 14.7 Å². The Morgan fingerprint density at radius 2 is 2.07 bits per heavy atom. The molecule has 2 saturated heterocycles. The molecule has 6 nitrogen and oxygen atoms in total. The fraction of sp³-hybridized carbons (Fsp3) is 0.500. The molecule has 2 fully saturated rings. The first-order valence-electron chi connectivity index (χ1n) is 10.3. The minimum absolute atomic E-state index is 0.0677. The van der Waals surface area contributed by atoms with Gasteiger partial charge in [0.1, 0.15) is 6.61 Å². The van der Waals surface area contributed by atoms with E-state index in [4.69, 9.17) is 4.74 Å². The zero-order valence-corrected chi connectivity index (χ0v) is 17.7. The van der Waals surface area contributed by atoms with Crippen LogP contribution < -0.4 is 0 Å². The second kappa shape index (κ2) is 8.53. The molecule has 0 aromatic carbocycles. The van der Waals surface area contributed by atoms with Crippen molar-refractivity contribution >= 4 is 23.3 Å². The van der Waals surface area contributed by atoms with Crippen molar-refractivity contribution in [2.45, 2.75) is 45.2 Å². The monoisotopic (exact) mass is 413 g/mol. The second-order valence-electron chi connectivity index (χ2n) is 7.84. The number of carbonyl (C=O) groups excluding carboxylic acids is 2. The quantitative estimate of drug-likeness (QED) is 0.734. The smallest absolute Gasteiger partial charge is 0.410 e. The Morgan fingerprint density at radius 3 is 2.76 bits per heavy atom. The summed E-state index contributed by atoms with van der Waals surface area (Å²) in [6, 6.07) is 9.94. The van der Waals surface area contributed by atoms with Crippen LogP contribution in [0.15, 0.2) is 36.5 Å². The van der Waals surface area contributed by atoms with Crippen LogP contribution in [-0.4, -0.2) is 58.6 Å². The van der Waals surface area contributed by atoms with E-state index in [9.17, 15) is 9.59 Å². The molecule has 0 saturated carbocycles. The molecule has 4 rings (SSSR count). The van der Waals surface area contributed by atoms with Crippen molar-refractivity contribution < 1.29 is 14.3 Å². The van der Waals surface area contributed by atoms with Crippen molar-refractivity contribution in [3.8, 4) is 10.6 Å². The van der Waals surface area contributed by atoms with Gasteiger partial charge in [0.25, 0.3) is 5.91 Å². The zero-order valence-electron chi connectivity index (χ0n) is 16.9. The van der Waals surface area contributed by atoms with Gasteiger partial charge in [-0.15, -0.1) is 11.3 Å². The predicted octanol–water partition coefficient (Wildman–Crippen LogP) is 4.28. The number of rotatable bonds is 5. The summed E-state index contributed by atoms with van der Waals surface area (Å²) in [7, 11) is 0. The first-order chi connectivity index (χ1) is 14.1. The Bertz CT molecular complexity index is 861. The van der Waals surface area contributed by atoms with Crippen molar-refractivity contribution in [1.29, 1.82) is 0 Å². The van der Waals surface area contributed by atoms with Crippen LogP contribution in [0.3, 0.4) is 0 Å². The molecular formula is C22H27N3O3S. The molecule has 0 N–H and O–H groups in total. The molecule has 0 aliphatic carbocycles. The Labute approximate surface area is 175 Å². The molecular weight excluding hydrogens is 386 g/mol. The van der Waals surface area contributed by atoms with E-state index in [2.05, 4.69) is 18.8 Å². The van der Waals surface area contributed by atoms with Crippen LogP contribution in [0, 0.1) is 5.92 Å². The Morgan fingerprint density at radius 1 is 1.28 bits per heavy atom. The van der Waals surface area contributed by atoms with Gasteiger partial charge in [-0.05, 0) is 43.0 Å². The molecule has 29 heavy (non-hydrogen) atoms. The van der Waals surface area contributed by atoms with Crippen LogP contribution in [-0.2, 0) is 4.74 Å². The number of pyridine rings is 1. The second-order valence-corrected chi connectivity index (χ2v) is 8.92. The number of thiophene rings is 1. The highest BCUT2D eigenvalue weighted by molar-refractivity contribution is 7.17. The molecule has 0 bridgehead atoms. The largest absolute Gasteiger partial charge is 0.447 e. The third-order valence-electron chi connectivity index (χ3n) is 6.13. The van der Waals surface area contributed by atoms with E-state index >= 15 is 0 Å². The number of piperidine rings is 1. The average molecular weight is 414 g/mol. The number of nitrogens with zero attached hydrogens (tertiary/aromatic N) is 3. The highest BCUT2D eigenvalue weighted by Crippen LogP contribution is 2.31. The lowest BCUT2D eigenvalue weighted by atomic mass is 9.95. The summed E-state index contributed by atoms with van der Waals surface area (Å²) in [5.74, 6) is 0.482. The van der Waals surface area contributed by atoms with Gasteiger partial charge >= 0.3 is 6.09 Å². The van der Waals surface area contributed by atoms with E-state index in [1.807, 2.05) is 40.1 Å². The maximum absolute atomic E-state index is 13.0. The lowest BCUT2D eigenvalue weighted by Crippen LogP contribution is -2.51. The molecule has 2 unspecified atom stereocenters. The molecule has 154 valence electrons. The average Bonchev–Trinajstić information content (AvgIpc) is 3.41. The number of amides is 2. The fourth-order valence-electron chi connectivity index (χ4n) is 4.18. The number of aromatic nitrogens is 1. The van der Waals surface area contributed by atoms with Crippen LogP contribution in [0.1, 0.15) is 42.8 Å². The highest BCUT2D eigenvalue weighted by Gasteiger charge is 2.41. The Kier molecular flexibility index (Phi) is 5.85. The van der Waals surface area contributed by atoms with Crippen LogP contribution in [0.25, 0.3) is 10.6 Å². The van der Waals surface area contributed by atoms with Gasteiger partial charge < -0.3 is 9.64 Å². The minimum Gasteiger partial charge on any atom is -0.447 e. The van der Waals surface area contributed by atoms with Gasteiger partial charge in [-0.1, -0.05) is 26.3 Å². The molecule has 2 aromatic heterocycles. The zero-order chi connectivity index (χ0) is 20.4. The van der Waals surface area contributed by atoms with Gasteiger partial charge in [-0.25, -0.2) is 4.79 Å². The van der Waals surface area contributed by atoms with Gasteiger partial charge in [0.2, 0.25) is 0 Å². The predicted molar refractivity (Wildman–Crippen MR) is 113 cm³/mol. The SMILES string of the molecule is CCC(C)C1COC(=O)N1C1CCN(C(=O)c2ccc(-c3ccccn3)s2)CC1. The van der Waals surface area contributed by atoms with Crippen molar-refractivity contribution in [3.05, 3.63) is 41.4 Å². The lowest BCUT2D eigenvalue weighted by Gasteiger charge is -2.39. The first-order valence-corrected chi connectivity index (χ1v) is 11.2. The molecule has 2 aromatic rings. The number of hydrogen-bond acceptors (Lipinski definition) is 5. The molecule has 2 aliphatic heterocycles. The van der Waals surface area contributed by atoms with Gasteiger partial charge in [0.15, 0.2) is 0 Å². The van der Waals surface area contributed by atoms with Crippen molar-refractivity contribution in [1.82, 2.24) is 14.8 Å². The van der Waals surface area contributed by atoms with Crippen molar-refractivity contribution in [3.63, 3.8) is 0 Å². The van der Waals surface area contributed by atoms with E-state index in [1.165, 1.54) is 11.3 Å². The topological polar surface area (TPSA) is 62.7 Å². The summed E-state index contributed by atoms with van der Waals surface area (Å²) in [5, 5.41) is 0. The summed E-state index contributed by atoms with van der Waals surface area (Å²) in [5.41, 5.74) is 0.888. The van der Waals surface area contributed by atoms with E-state index in [1.54, 1.807) is 6.20 Å². The number of ether oxygens (including phenoxy) is 1. The summed E-state index contributed by atoms with van der Waals surface area (Å²) >= 11 is 1.48. The van der Waals surface area contributed by atoms with Crippen LogP contribution >= 0.6 is 11.3 Å². The van der Waals surface area contributed by atoms with E-state index in [0.717, 1.165) is 34.7 Å². The van der Waals surface area contributed by atoms with Crippen LogP contribution in [0.2, 0.25) is 0 Å². The van der Waals surface area contributed by atoms with Gasteiger partial charge in [-0.2, -0.15) is 0 Å².